The first-order valence-electron chi connectivity index (χ1n) is 10.2. The van der Waals surface area contributed by atoms with Gasteiger partial charge >= 0.3 is 0 Å². The van der Waals surface area contributed by atoms with Crippen LogP contribution in [0, 0.1) is 0 Å². The van der Waals surface area contributed by atoms with Crippen LogP contribution in [0.5, 0.6) is 0 Å². The lowest BCUT2D eigenvalue weighted by Gasteiger charge is -2.19. The number of benzene rings is 3. The third-order valence-corrected chi connectivity index (χ3v) is 5.39. The standard InChI is InChI=1S/C26H24N2O2/c29-25(16-15-20-9-3-1-4-10-20)27-24-14-8-7-13-23(24)26(30)28-18-17-22(19-28)21-11-5-2-6-12-21/h1-16,22H,17-19H2,(H,27,29)/b16-15+. The third-order valence-electron chi connectivity index (χ3n) is 5.39. The molecule has 3 aromatic carbocycles. The van der Waals surface area contributed by atoms with Crippen molar-refractivity contribution in [1.82, 2.24) is 4.90 Å². The van der Waals surface area contributed by atoms with E-state index in [2.05, 4.69) is 17.4 Å². The maximum absolute atomic E-state index is 13.2. The number of carbonyl (C=O) groups is 2. The number of nitrogens with one attached hydrogen (secondary N) is 1. The van der Waals surface area contributed by atoms with Crippen LogP contribution >= 0.6 is 0 Å². The Morgan fingerprint density at radius 2 is 1.53 bits per heavy atom. The van der Waals surface area contributed by atoms with E-state index in [0.717, 1.165) is 12.0 Å². The number of hydrogen-bond acceptors (Lipinski definition) is 2. The number of nitrogens with zero attached hydrogens (tertiary/aromatic N) is 1. The zero-order valence-corrected chi connectivity index (χ0v) is 16.7. The average Bonchev–Trinajstić information content (AvgIpc) is 3.29. The van der Waals surface area contributed by atoms with Crippen molar-refractivity contribution in [2.75, 3.05) is 18.4 Å². The minimum atomic E-state index is -0.261. The van der Waals surface area contributed by atoms with Crippen LogP contribution in [0.15, 0.2) is 91.0 Å². The van der Waals surface area contributed by atoms with Gasteiger partial charge in [0.2, 0.25) is 5.91 Å². The van der Waals surface area contributed by atoms with E-state index in [1.54, 1.807) is 18.2 Å². The van der Waals surface area contributed by atoms with Crippen LogP contribution in [0.4, 0.5) is 5.69 Å². The van der Waals surface area contributed by atoms with Crippen molar-refractivity contribution in [2.24, 2.45) is 0 Å². The second-order valence-electron chi connectivity index (χ2n) is 7.43. The molecule has 1 aliphatic rings. The number of hydrogen-bond donors (Lipinski definition) is 1. The molecule has 1 heterocycles. The highest BCUT2D eigenvalue weighted by molar-refractivity contribution is 6.07. The van der Waals surface area contributed by atoms with E-state index in [1.165, 1.54) is 11.6 Å². The molecule has 30 heavy (non-hydrogen) atoms. The molecule has 1 aliphatic heterocycles. The molecule has 0 bridgehead atoms. The Morgan fingerprint density at radius 1 is 0.867 bits per heavy atom. The lowest BCUT2D eigenvalue weighted by molar-refractivity contribution is -0.111. The molecule has 3 aromatic rings. The first-order chi connectivity index (χ1) is 14.7. The van der Waals surface area contributed by atoms with Crippen molar-refractivity contribution < 1.29 is 9.59 Å². The van der Waals surface area contributed by atoms with Crippen LogP contribution in [0.3, 0.4) is 0 Å². The Kier molecular flexibility index (Phi) is 6.04. The van der Waals surface area contributed by atoms with Gasteiger partial charge in [-0.15, -0.1) is 0 Å². The lowest BCUT2D eigenvalue weighted by atomic mass is 9.99. The number of amides is 2. The van der Waals surface area contributed by atoms with Gasteiger partial charge in [0, 0.05) is 25.1 Å². The van der Waals surface area contributed by atoms with Gasteiger partial charge in [-0.1, -0.05) is 72.8 Å². The first kappa shape index (κ1) is 19.6. The van der Waals surface area contributed by atoms with E-state index in [9.17, 15) is 9.59 Å². The molecule has 1 N–H and O–H groups in total. The molecule has 4 nitrogen and oxygen atoms in total. The summed E-state index contributed by atoms with van der Waals surface area (Å²) >= 11 is 0. The van der Waals surface area contributed by atoms with Crippen LogP contribution in [-0.4, -0.2) is 29.8 Å². The molecule has 4 rings (SSSR count). The maximum Gasteiger partial charge on any atom is 0.255 e. The fourth-order valence-corrected chi connectivity index (χ4v) is 3.80. The molecular weight excluding hydrogens is 372 g/mol. The molecule has 4 heteroatoms. The summed E-state index contributed by atoms with van der Waals surface area (Å²) < 4.78 is 0. The smallest absolute Gasteiger partial charge is 0.255 e. The van der Waals surface area contributed by atoms with Gasteiger partial charge in [0.25, 0.3) is 5.91 Å². The Morgan fingerprint density at radius 3 is 2.30 bits per heavy atom. The van der Waals surface area contributed by atoms with Crippen LogP contribution in [-0.2, 0) is 4.79 Å². The Labute approximate surface area is 176 Å². The minimum absolute atomic E-state index is 0.0450. The zero-order valence-electron chi connectivity index (χ0n) is 16.7. The predicted octanol–water partition coefficient (Wildman–Crippen LogP) is 4.97. The summed E-state index contributed by atoms with van der Waals surface area (Å²) in [6.07, 6.45) is 4.19. The minimum Gasteiger partial charge on any atom is -0.338 e. The average molecular weight is 396 g/mol. The molecular formula is C26H24N2O2. The van der Waals surface area contributed by atoms with Crippen LogP contribution in [0.2, 0.25) is 0 Å². The van der Waals surface area contributed by atoms with Crippen molar-refractivity contribution in [3.8, 4) is 0 Å². The van der Waals surface area contributed by atoms with E-state index in [0.29, 0.717) is 30.3 Å². The number of carbonyl (C=O) groups excluding carboxylic acids is 2. The fraction of sp³-hybridized carbons (Fsp3) is 0.154. The Balaban J connectivity index is 1.44. The lowest BCUT2D eigenvalue weighted by Crippen LogP contribution is -2.29. The van der Waals surface area contributed by atoms with Gasteiger partial charge in [0.1, 0.15) is 0 Å². The van der Waals surface area contributed by atoms with Crippen molar-refractivity contribution in [2.45, 2.75) is 12.3 Å². The Bertz CT molecular complexity index is 1040. The van der Waals surface area contributed by atoms with E-state index in [1.807, 2.05) is 65.6 Å². The molecule has 150 valence electrons. The van der Waals surface area contributed by atoms with Crippen molar-refractivity contribution in [1.29, 1.82) is 0 Å². The van der Waals surface area contributed by atoms with E-state index < -0.39 is 0 Å². The summed E-state index contributed by atoms with van der Waals surface area (Å²) in [6.45, 7) is 1.41. The molecule has 1 atom stereocenters. The van der Waals surface area contributed by atoms with Gasteiger partial charge in [0.15, 0.2) is 0 Å². The highest BCUT2D eigenvalue weighted by atomic mass is 16.2. The zero-order chi connectivity index (χ0) is 20.8. The normalized spacial score (nSPS) is 16.0. The second-order valence-corrected chi connectivity index (χ2v) is 7.43. The van der Waals surface area contributed by atoms with E-state index in [-0.39, 0.29) is 11.8 Å². The summed E-state index contributed by atoms with van der Waals surface area (Å²) in [6, 6.07) is 27.1. The maximum atomic E-state index is 13.2. The summed E-state index contributed by atoms with van der Waals surface area (Å²) in [5.41, 5.74) is 3.27. The van der Waals surface area contributed by atoms with Crippen LogP contribution < -0.4 is 5.32 Å². The Hall–Kier alpha value is -3.66. The van der Waals surface area contributed by atoms with Crippen molar-refractivity contribution >= 4 is 23.6 Å². The summed E-state index contributed by atoms with van der Waals surface area (Å²) in [4.78, 5) is 27.4. The van der Waals surface area contributed by atoms with Crippen LogP contribution in [0.1, 0.15) is 33.8 Å². The topological polar surface area (TPSA) is 49.4 Å². The van der Waals surface area contributed by atoms with Crippen molar-refractivity contribution in [3.05, 3.63) is 108 Å². The summed E-state index contributed by atoms with van der Waals surface area (Å²) in [7, 11) is 0. The van der Waals surface area contributed by atoms with E-state index >= 15 is 0 Å². The van der Waals surface area contributed by atoms with Crippen molar-refractivity contribution in [3.63, 3.8) is 0 Å². The van der Waals surface area contributed by atoms with E-state index in [4.69, 9.17) is 0 Å². The molecule has 1 unspecified atom stereocenters. The number of para-hydroxylation sites is 1. The highest BCUT2D eigenvalue weighted by Gasteiger charge is 2.29. The fourth-order valence-electron chi connectivity index (χ4n) is 3.80. The SMILES string of the molecule is O=C(/C=C/c1ccccc1)Nc1ccccc1C(=O)N1CCC(c2ccccc2)C1. The molecule has 1 saturated heterocycles. The monoisotopic (exact) mass is 396 g/mol. The molecule has 0 radical (unpaired) electrons. The van der Waals surface area contributed by atoms with Gasteiger partial charge < -0.3 is 10.2 Å². The quantitative estimate of drug-likeness (QED) is 0.619. The number of likely N-dealkylation sites (tertiary alicyclic amines) is 1. The number of anilines is 1. The van der Waals surface area contributed by atoms with Gasteiger partial charge in [-0.05, 0) is 35.8 Å². The highest BCUT2D eigenvalue weighted by Crippen LogP contribution is 2.29. The largest absolute Gasteiger partial charge is 0.338 e. The molecule has 0 aromatic heterocycles. The number of rotatable bonds is 5. The molecule has 0 spiro atoms. The van der Waals surface area contributed by atoms with Gasteiger partial charge in [-0.3, -0.25) is 9.59 Å². The van der Waals surface area contributed by atoms with Gasteiger partial charge in [-0.25, -0.2) is 0 Å². The summed E-state index contributed by atoms with van der Waals surface area (Å²) in [5, 5.41) is 2.85. The molecule has 0 saturated carbocycles. The predicted molar refractivity (Wildman–Crippen MR) is 120 cm³/mol. The first-order valence-corrected chi connectivity index (χ1v) is 10.2. The molecule has 0 aliphatic carbocycles. The van der Waals surface area contributed by atoms with Gasteiger partial charge in [-0.2, -0.15) is 0 Å². The molecule has 2 amide bonds. The summed E-state index contributed by atoms with van der Waals surface area (Å²) in [5.74, 6) is 0.0461. The van der Waals surface area contributed by atoms with Crippen LogP contribution in [0.25, 0.3) is 6.08 Å². The third kappa shape index (κ3) is 4.66. The molecule has 1 fully saturated rings. The van der Waals surface area contributed by atoms with Gasteiger partial charge in [0.05, 0.1) is 11.3 Å². The second kappa shape index (κ2) is 9.23.